The molecule has 2 saturated carbocycles. The van der Waals surface area contributed by atoms with Crippen LogP contribution >= 0.6 is 11.3 Å². The van der Waals surface area contributed by atoms with Crippen molar-refractivity contribution in [2.24, 2.45) is 11.8 Å². The Morgan fingerprint density at radius 3 is 2.85 bits per heavy atom. The Labute approximate surface area is 83.2 Å². The molecule has 0 aromatic carbocycles. The molecule has 2 fully saturated rings. The lowest BCUT2D eigenvalue weighted by molar-refractivity contribution is 0.418. The molecular weight excluding hydrogens is 178 g/mol. The van der Waals surface area contributed by atoms with Crippen LogP contribution in [0.4, 0.5) is 0 Å². The fourth-order valence-electron chi connectivity index (χ4n) is 3.09. The zero-order chi connectivity index (χ0) is 8.84. The van der Waals surface area contributed by atoms with E-state index in [1.807, 2.05) is 11.3 Å². The molecule has 3 unspecified atom stereocenters. The summed E-state index contributed by atoms with van der Waals surface area (Å²) in [6, 6.07) is 0. The third-order valence-corrected chi connectivity index (χ3v) is 4.79. The van der Waals surface area contributed by atoms with Gasteiger partial charge in [-0.1, -0.05) is 6.42 Å². The van der Waals surface area contributed by atoms with Crippen molar-refractivity contribution >= 4 is 11.3 Å². The highest BCUT2D eigenvalue weighted by molar-refractivity contribution is 7.09. The maximum Gasteiger partial charge on any atom is 0.0961 e. The van der Waals surface area contributed by atoms with Crippen LogP contribution in [-0.4, -0.2) is 4.98 Å². The van der Waals surface area contributed by atoms with Crippen molar-refractivity contribution in [3.63, 3.8) is 0 Å². The van der Waals surface area contributed by atoms with E-state index in [1.54, 1.807) is 0 Å². The van der Waals surface area contributed by atoms with E-state index in [1.165, 1.54) is 36.4 Å². The second-order valence-corrected chi connectivity index (χ2v) is 5.50. The second kappa shape index (κ2) is 2.81. The minimum Gasteiger partial charge on any atom is -0.246 e. The molecule has 2 bridgehead atoms. The predicted octanol–water partition coefficient (Wildman–Crippen LogP) is 3.36. The lowest BCUT2D eigenvalue weighted by Gasteiger charge is -2.18. The van der Waals surface area contributed by atoms with Gasteiger partial charge in [-0.25, -0.2) is 4.98 Å². The van der Waals surface area contributed by atoms with Gasteiger partial charge in [0.1, 0.15) is 0 Å². The lowest BCUT2D eigenvalue weighted by atomic mass is 9.89. The molecule has 3 atom stereocenters. The Balaban J connectivity index is 1.87. The minimum absolute atomic E-state index is 0.831. The molecular formula is C11H15NS. The van der Waals surface area contributed by atoms with Crippen LogP contribution in [0.5, 0.6) is 0 Å². The van der Waals surface area contributed by atoms with Gasteiger partial charge in [0.15, 0.2) is 0 Å². The van der Waals surface area contributed by atoms with Crippen LogP contribution in [0.15, 0.2) is 5.38 Å². The number of aromatic nitrogens is 1. The molecule has 1 aromatic heterocycles. The molecule has 0 N–H and O–H groups in total. The van der Waals surface area contributed by atoms with Gasteiger partial charge in [-0.15, -0.1) is 11.3 Å². The maximum atomic E-state index is 4.63. The normalized spacial score (nSPS) is 37.2. The van der Waals surface area contributed by atoms with E-state index in [4.69, 9.17) is 0 Å². The standard InChI is InChI=1S/C11H15NS/c1-7-6-13-11(12-7)10-5-8-2-3-9(10)4-8/h6,8-10H,2-5H2,1H3. The molecule has 13 heavy (non-hydrogen) atoms. The number of hydrogen-bond donors (Lipinski definition) is 0. The summed E-state index contributed by atoms with van der Waals surface area (Å²) in [7, 11) is 0. The van der Waals surface area contributed by atoms with Gasteiger partial charge < -0.3 is 0 Å². The van der Waals surface area contributed by atoms with Gasteiger partial charge in [0.25, 0.3) is 0 Å². The van der Waals surface area contributed by atoms with Gasteiger partial charge in [-0.3, -0.25) is 0 Å². The highest BCUT2D eigenvalue weighted by Crippen LogP contribution is 2.53. The van der Waals surface area contributed by atoms with Crippen LogP contribution in [0.3, 0.4) is 0 Å². The van der Waals surface area contributed by atoms with Crippen LogP contribution in [0, 0.1) is 18.8 Å². The average Bonchev–Trinajstić information content (AvgIpc) is 2.77. The lowest BCUT2D eigenvalue weighted by Crippen LogP contribution is -2.07. The molecule has 0 spiro atoms. The summed E-state index contributed by atoms with van der Waals surface area (Å²) in [5.74, 6) is 2.85. The van der Waals surface area contributed by atoms with Crippen LogP contribution in [0.2, 0.25) is 0 Å². The average molecular weight is 193 g/mol. The highest BCUT2D eigenvalue weighted by atomic mass is 32.1. The quantitative estimate of drug-likeness (QED) is 0.666. The van der Waals surface area contributed by atoms with E-state index in [0.717, 1.165) is 17.8 Å². The Morgan fingerprint density at radius 2 is 2.31 bits per heavy atom. The zero-order valence-corrected chi connectivity index (χ0v) is 8.81. The van der Waals surface area contributed by atoms with E-state index in [-0.39, 0.29) is 0 Å². The predicted molar refractivity (Wildman–Crippen MR) is 55.0 cm³/mol. The van der Waals surface area contributed by atoms with Crippen molar-refractivity contribution in [3.8, 4) is 0 Å². The summed E-state index contributed by atoms with van der Waals surface area (Å²) in [6.07, 6.45) is 5.88. The monoisotopic (exact) mass is 193 g/mol. The zero-order valence-electron chi connectivity index (χ0n) is 7.99. The number of rotatable bonds is 1. The van der Waals surface area contributed by atoms with Crippen molar-refractivity contribution in [1.82, 2.24) is 4.98 Å². The molecule has 2 aliphatic carbocycles. The summed E-state index contributed by atoms with van der Waals surface area (Å²) < 4.78 is 0. The summed E-state index contributed by atoms with van der Waals surface area (Å²) in [4.78, 5) is 4.63. The Hall–Kier alpha value is -0.370. The molecule has 1 aromatic rings. The molecule has 0 amide bonds. The first-order valence-corrected chi connectivity index (χ1v) is 6.13. The van der Waals surface area contributed by atoms with Crippen molar-refractivity contribution in [3.05, 3.63) is 16.1 Å². The van der Waals surface area contributed by atoms with E-state index in [9.17, 15) is 0 Å². The molecule has 1 nitrogen and oxygen atoms in total. The number of nitrogens with zero attached hydrogens (tertiary/aromatic N) is 1. The van der Waals surface area contributed by atoms with Gasteiger partial charge in [0, 0.05) is 17.0 Å². The Morgan fingerprint density at radius 1 is 1.38 bits per heavy atom. The number of fused-ring (bicyclic) bond motifs is 2. The fourth-order valence-corrected chi connectivity index (χ4v) is 4.09. The van der Waals surface area contributed by atoms with Crippen molar-refractivity contribution in [2.45, 2.75) is 38.5 Å². The van der Waals surface area contributed by atoms with Gasteiger partial charge in [-0.05, 0) is 38.0 Å². The van der Waals surface area contributed by atoms with E-state index >= 15 is 0 Å². The van der Waals surface area contributed by atoms with Gasteiger partial charge >= 0.3 is 0 Å². The second-order valence-electron chi connectivity index (χ2n) is 4.61. The summed E-state index contributed by atoms with van der Waals surface area (Å²) >= 11 is 1.88. The molecule has 2 aliphatic rings. The van der Waals surface area contributed by atoms with Crippen LogP contribution in [0.1, 0.15) is 42.3 Å². The van der Waals surface area contributed by atoms with E-state index in [2.05, 4.69) is 17.3 Å². The first-order valence-electron chi connectivity index (χ1n) is 5.25. The first-order chi connectivity index (χ1) is 6.33. The largest absolute Gasteiger partial charge is 0.246 e. The van der Waals surface area contributed by atoms with E-state index < -0.39 is 0 Å². The Bertz CT molecular complexity index is 318. The first kappa shape index (κ1) is 7.98. The minimum atomic E-state index is 0.831. The van der Waals surface area contributed by atoms with Crippen LogP contribution in [0.25, 0.3) is 0 Å². The fraction of sp³-hybridized carbons (Fsp3) is 0.727. The summed E-state index contributed by atoms with van der Waals surface area (Å²) in [5.41, 5.74) is 1.21. The van der Waals surface area contributed by atoms with Crippen molar-refractivity contribution < 1.29 is 0 Å². The van der Waals surface area contributed by atoms with Gasteiger partial charge in [0.2, 0.25) is 0 Å². The van der Waals surface area contributed by atoms with Crippen molar-refractivity contribution in [2.75, 3.05) is 0 Å². The molecule has 3 rings (SSSR count). The van der Waals surface area contributed by atoms with Gasteiger partial charge in [0.05, 0.1) is 5.01 Å². The SMILES string of the molecule is Cc1csc(C2CC3CCC2C3)n1. The Kier molecular flexibility index (Phi) is 1.72. The molecule has 0 radical (unpaired) electrons. The molecule has 0 saturated heterocycles. The molecule has 1 heterocycles. The van der Waals surface area contributed by atoms with E-state index in [0.29, 0.717) is 0 Å². The smallest absolute Gasteiger partial charge is 0.0961 e. The van der Waals surface area contributed by atoms with Crippen LogP contribution < -0.4 is 0 Å². The third kappa shape index (κ3) is 1.23. The number of thiazole rings is 1. The van der Waals surface area contributed by atoms with Crippen molar-refractivity contribution in [1.29, 1.82) is 0 Å². The molecule has 70 valence electrons. The summed E-state index contributed by atoms with van der Waals surface area (Å²) in [5, 5.41) is 3.62. The third-order valence-electron chi connectivity index (χ3n) is 3.69. The number of aryl methyl sites for hydroxylation is 1. The molecule has 0 aliphatic heterocycles. The topological polar surface area (TPSA) is 12.9 Å². The molecule has 2 heteroatoms. The van der Waals surface area contributed by atoms with Crippen LogP contribution in [-0.2, 0) is 0 Å². The van der Waals surface area contributed by atoms with Gasteiger partial charge in [-0.2, -0.15) is 0 Å². The number of hydrogen-bond acceptors (Lipinski definition) is 2. The summed E-state index contributed by atoms with van der Waals surface area (Å²) in [6.45, 7) is 2.10. The highest BCUT2D eigenvalue weighted by Gasteiger charge is 2.41. The maximum absolute atomic E-state index is 4.63.